The second-order valence-corrected chi connectivity index (χ2v) is 3.29. The summed E-state index contributed by atoms with van der Waals surface area (Å²) in [6, 6.07) is 4.57. The molecule has 6 heteroatoms. The summed E-state index contributed by atoms with van der Waals surface area (Å²) in [5.74, 6) is -3.94. The van der Waals surface area contributed by atoms with Crippen LogP contribution in [0.1, 0.15) is 5.56 Å². The molecule has 0 spiro atoms. The number of benzene rings is 1. The van der Waals surface area contributed by atoms with E-state index in [9.17, 15) is 18.0 Å². The zero-order chi connectivity index (χ0) is 13.6. The summed E-state index contributed by atoms with van der Waals surface area (Å²) in [7, 11) is 0. The number of alkyl halides is 3. The number of rotatable bonds is 6. The van der Waals surface area contributed by atoms with Crippen LogP contribution in [0.25, 0.3) is 0 Å². The zero-order valence-electron chi connectivity index (χ0n) is 9.37. The Bertz CT molecular complexity index is 415. The van der Waals surface area contributed by atoms with Gasteiger partial charge in [0.25, 0.3) is 0 Å². The quantitative estimate of drug-likeness (QED) is 0.448. The van der Waals surface area contributed by atoms with Crippen molar-refractivity contribution in [2.45, 2.75) is 5.92 Å². The van der Waals surface area contributed by atoms with Crippen LogP contribution in [0.4, 0.5) is 13.2 Å². The maximum atomic E-state index is 12.9. The number of ether oxygens (including phenoxy) is 2. The van der Waals surface area contributed by atoms with Crippen molar-refractivity contribution in [2.24, 2.45) is 0 Å². The van der Waals surface area contributed by atoms with Crippen LogP contribution in [-0.2, 0) is 15.5 Å². The molecule has 0 fully saturated rings. The van der Waals surface area contributed by atoms with Crippen molar-refractivity contribution in [1.82, 2.24) is 0 Å². The van der Waals surface area contributed by atoms with E-state index in [1.807, 2.05) is 0 Å². The molecule has 0 saturated carbocycles. The Balaban J connectivity index is 2.56. The molecule has 3 nitrogen and oxygen atoms in total. The molecule has 0 bridgehead atoms. The smallest absolute Gasteiger partial charge is 0.333 e. The van der Waals surface area contributed by atoms with Crippen LogP contribution in [0.5, 0.6) is 5.75 Å². The second kappa shape index (κ2) is 6.09. The van der Waals surface area contributed by atoms with Gasteiger partial charge >= 0.3 is 11.9 Å². The largest absolute Gasteiger partial charge is 0.457 e. The average Bonchev–Trinajstić information content (AvgIpc) is 2.39. The highest BCUT2D eigenvalue weighted by Gasteiger charge is 2.31. The molecule has 18 heavy (non-hydrogen) atoms. The van der Waals surface area contributed by atoms with E-state index < -0.39 is 24.1 Å². The first kappa shape index (κ1) is 14.1. The molecule has 1 aromatic carbocycles. The minimum absolute atomic E-state index is 0.227. The molecular formula is C12H11F3O3. The van der Waals surface area contributed by atoms with E-state index in [4.69, 9.17) is 4.74 Å². The summed E-state index contributed by atoms with van der Waals surface area (Å²) < 4.78 is 47.4. The summed E-state index contributed by atoms with van der Waals surface area (Å²) in [4.78, 5) is 10.7. The Labute approximate surface area is 102 Å². The van der Waals surface area contributed by atoms with E-state index in [0.717, 1.165) is 18.2 Å². The van der Waals surface area contributed by atoms with Gasteiger partial charge in [-0.3, -0.25) is 0 Å². The van der Waals surface area contributed by atoms with Crippen LogP contribution in [0.2, 0.25) is 0 Å². The molecule has 0 heterocycles. The van der Waals surface area contributed by atoms with Crippen molar-refractivity contribution in [3.63, 3.8) is 0 Å². The number of halogens is 3. The lowest BCUT2D eigenvalue weighted by atomic mass is 10.1. The van der Waals surface area contributed by atoms with Crippen molar-refractivity contribution in [3.05, 3.63) is 42.5 Å². The molecule has 98 valence electrons. The van der Waals surface area contributed by atoms with Gasteiger partial charge in [0, 0.05) is 11.6 Å². The molecule has 0 aliphatic carbocycles. The van der Waals surface area contributed by atoms with E-state index in [1.165, 1.54) is 12.1 Å². The fourth-order valence-corrected chi connectivity index (χ4v) is 1.09. The van der Waals surface area contributed by atoms with Gasteiger partial charge in [0.05, 0.1) is 0 Å². The molecule has 0 atom stereocenters. The lowest BCUT2D eigenvalue weighted by Crippen LogP contribution is -2.15. The van der Waals surface area contributed by atoms with E-state index in [1.54, 1.807) is 0 Å². The summed E-state index contributed by atoms with van der Waals surface area (Å²) >= 11 is 0. The number of carbonyl (C=O) groups excluding carboxylic acids is 1. The summed E-state index contributed by atoms with van der Waals surface area (Å²) in [5, 5.41) is 0. The maximum Gasteiger partial charge on any atom is 0.333 e. The third kappa shape index (κ3) is 3.80. The molecule has 0 saturated heterocycles. The Morgan fingerprint density at radius 2 is 1.94 bits per heavy atom. The average molecular weight is 260 g/mol. The molecular weight excluding hydrogens is 249 g/mol. The van der Waals surface area contributed by atoms with Crippen LogP contribution in [0, 0.1) is 0 Å². The van der Waals surface area contributed by atoms with E-state index >= 15 is 0 Å². The third-order valence-corrected chi connectivity index (χ3v) is 2.04. The van der Waals surface area contributed by atoms with E-state index in [0.29, 0.717) is 0 Å². The predicted molar refractivity (Wildman–Crippen MR) is 58.1 cm³/mol. The first-order valence-electron chi connectivity index (χ1n) is 4.96. The van der Waals surface area contributed by atoms with E-state index in [-0.39, 0.29) is 12.5 Å². The minimum atomic E-state index is -3.51. The maximum absolute atomic E-state index is 12.9. The molecule has 0 aliphatic heterocycles. The van der Waals surface area contributed by atoms with Gasteiger partial charge in [-0.05, 0) is 24.3 Å². The molecule has 1 rings (SSSR count). The molecule has 0 N–H and O–H groups in total. The predicted octanol–water partition coefficient (Wildman–Crippen LogP) is 2.81. The number of hydrogen-bond donors (Lipinski definition) is 0. The Morgan fingerprint density at radius 3 is 2.44 bits per heavy atom. The number of carbonyl (C=O) groups is 1. The van der Waals surface area contributed by atoms with Crippen LogP contribution < -0.4 is 4.74 Å². The first-order chi connectivity index (χ1) is 8.49. The topological polar surface area (TPSA) is 35.5 Å². The Morgan fingerprint density at radius 1 is 1.33 bits per heavy atom. The van der Waals surface area contributed by atoms with Crippen LogP contribution in [-0.4, -0.2) is 19.4 Å². The number of hydrogen-bond acceptors (Lipinski definition) is 3. The zero-order valence-corrected chi connectivity index (χ0v) is 9.37. The van der Waals surface area contributed by atoms with Crippen molar-refractivity contribution in [1.29, 1.82) is 0 Å². The van der Waals surface area contributed by atoms with Gasteiger partial charge in [0.15, 0.2) is 6.67 Å². The van der Waals surface area contributed by atoms with Gasteiger partial charge in [-0.2, -0.15) is 8.78 Å². The standard InChI is InChI=1S/C12H11F3O3/c1-2-11(16)18-8-17-10-5-3-9(4-6-10)12(14,15)7-13/h2-6H,1,7-8H2. The number of esters is 1. The minimum Gasteiger partial charge on any atom is -0.457 e. The summed E-state index contributed by atoms with van der Waals surface area (Å²) in [6.07, 6.45) is 0.967. The molecule has 0 unspecified atom stereocenters. The SMILES string of the molecule is C=CC(=O)OCOc1ccc(C(F)(F)CF)cc1. The highest BCUT2D eigenvalue weighted by Crippen LogP contribution is 2.29. The third-order valence-electron chi connectivity index (χ3n) is 2.04. The van der Waals surface area contributed by atoms with Gasteiger partial charge in [-0.1, -0.05) is 6.58 Å². The lowest BCUT2D eigenvalue weighted by molar-refractivity contribution is -0.144. The molecule has 0 radical (unpaired) electrons. The van der Waals surface area contributed by atoms with E-state index in [2.05, 4.69) is 11.3 Å². The highest BCUT2D eigenvalue weighted by atomic mass is 19.3. The normalized spacial score (nSPS) is 10.8. The van der Waals surface area contributed by atoms with Gasteiger partial charge in [-0.15, -0.1) is 0 Å². The fraction of sp³-hybridized carbons (Fsp3) is 0.250. The first-order valence-corrected chi connectivity index (χ1v) is 4.96. The van der Waals surface area contributed by atoms with Crippen molar-refractivity contribution < 1.29 is 27.4 Å². The van der Waals surface area contributed by atoms with Crippen molar-refractivity contribution >= 4 is 5.97 Å². The van der Waals surface area contributed by atoms with Gasteiger partial charge in [-0.25, -0.2) is 9.18 Å². The molecule has 0 aliphatic rings. The lowest BCUT2D eigenvalue weighted by Gasteiger charge is -2.13. The Hall–Kier alpha value is -1.98. The second-order valence-electron chi connectivity index (χ2n) is 3.29. The summed E-state index contributed by atoms with van der Waals surface area (Å²) in [6.45, 7) is 1.07. The molecule has 1 aromatic rings. The summed E-state index contributed by atoms with van der Waals surface area (Å²) in [5.41, 5.74) is -0.444. The fourth-order valence-electron chi connectivity index (χ4n) is 1.09. The monoisotopic (exact) mass is 260 g/mol. The van der Waals surface area contributed by atoms with Gasteiger partial charge in [0.2, 0.25) is 6.79 Å². The molecule has 0 amide bonds. The highest BCUT2D eigenvalue weighted by molar-refractivity contribution is 5.81. The van der Waals surface area contributed by atoms with Crippen LogP contribution >= 0.6 is 0 Å². The van der Waals surface area contributed by atoms with Crippen molar-refractivity contribution in [3.8, 4) is 5.75 Å². The van der Waals surface area contributed by atoms with Gasteiger partial charge in [0.1, 0.15) is 5.75 Å². The van der Waals surface area contributed by atoms with Gasteiger partial charge < -0.3 is 9.47 Å². The van der Waals surface area contributed by atoms with Crippen LogP contribution in [0.3, 0.4) is 0 Å². The Kier molecular flexibility index (Phi) is 4.76. The van der Waals surface area contributed by atoms with Crippen molar-refractivity contribution in [2.75, 3.05) is 13.5 Å². The molecule has 0 aromatic heterocycles. The van der Waals surface area contributed by atoms with Crippen LogP contribution in [0.15, 0.2) is 36.9 Å².